The van der Waals surface area contributed by atoms with Crippen LogP contribution in [0.2, 0.25) is 5.15 Å². The number of hydrogen-bond donors (Lipinski definition) is 2. The fraction of sp³-hybridized carbons (Fsp3) is 0.0455. The van der Waals surface area contributed by atoms with E-state index in [0.29, 0.717) is 16.8 Å². The molecule has 4 aromatic rings. The Labute approximate surface area is 166 Å². The van der Waals surface area contributed by atoms with Crippen molar-refractivity contribution < 1.29 is 9.59 Å². The Bertz CT molecular complexity index is 1210. The van der Waals surface area contributed by atoms with E-state index < -0.39 is 0 Å². The van der Waals surface area contributed by atoms with E-state index in [1.807, 2.05) is 42.6 Å². The number of nitrogens with one attached hydrogen (secondary N) is 2. The molecule has 0 fully saturated rings. The molecule has 0 aliphatic heterocycles. The molecule has 28 heavy (non-hydrogen) atoms. The predicted octanol–water partition coefficient (Wildman–Crippen LogP) is 5.07. The van der Waals surface area contributed by atoms with Crippen LogP contribution in [0.5, 0.6) is 0 Å². The van der Waals surface area contributed by atoms with Crippen LogP contribution in [0.3, 0.4) is 0 Å². The van der Waals surface area contributed by atoms with Gasteiger partial charge in [0, 0.05) is 47.0 Å². The van der Waals surface area contributed by atoms with Gasteiger partial charge in [-0.1, -0.05) is 23.7 Å². The Morgan fingerprint density at radius 3 is 2.68 bits per heavy atom. The number of aromatic amines is 1. The highest BCUT2D eigenvalue weighted by molar-refractivity contribution is 6.30. The van der Waals surface area contributed by atoms with Crippen molar-refractivity contribution in [1.82, 2.24) is 9.97 Å². The fourth-order valence-corrected chi connectivity index (χ4v) is 3.41. The first-order valence-electron chi connectivity index (χ1n) is 8.67. The second kappa shape index (κ2) is 7.29. The molecule has 0 spiro atoms. The number of benzene rings is 2. The molecule has 0 atom stereocenters. The van der Waals surface area contributed by atoms with E-state index in [1.54, 1.807) is 12.1 Å². The number of aromatic nitrogens is 2. The highest BCUT2D eigenvalue weighted by Gasteiger charge is 2.15. The summed E-state index contributed by atoms with van der Waals surface area (Å²) in [6.07, 6.45) is 3.37. The van der Waals surface area contributed by atoms with Gasteiger partial charge in [0.15, 0.2) is 5.78 Å². The summed E-state index contributed by atoms with van der Waals surface area (Å²) >= 11 is 5.93. The van der Waals surface area contributed by atoms with Gasteiger partial charge in [-0.2, -0.15) is 0 Å². The predicted molar refractivity (Wildman–Crippen MR) is 111 cm³/mol. The molecule has 4 rings (SSSR count). The van der Waals surface area contributed by atoms with Crippen molar-refractivity contribution >= 4 is 39.9 Å². The van der Waals surface area contributed by atoms with Gasteiger partial charge in [0.1, 0.15) is 5.15 Å². The number of halogens is 1. The van der Waals surface area contributed by atoms with Crippen LogP contribution in [0.25, 0.3) is 22.0 Å². The first-order chi connectivity index (χ1) is 13.5. The van der Waals surface area contributed by atoms with E-state index in [4.69, 9.17) is 11.6 Å². The zero-order chi connectivity index (χ0) is 19.7. The van der Waals surface area contributed by atoms with E-state index >= 15 is 0 Å². The van der Waals surface area contributed by atoms with Crippen LogP contribution >= 0.6 is 11.6 Å². The van der Waals surface area contributed by atoms with Crippen LogP contribution in [0.1, 0.15) is 22.8 Å². The second-order valence-electron chi connectivity index (χ2n) is 6.42. The van der Waals surface area contributed by atoms with Gasteiger partial charge in [-0.05, 0) is 53.6 Å². The lowest BCUT2D eigenvalue weighted by Gasteiger charge is -2.11. The number of amides is 1. The normalized spacial score (nSPS) is 10.8. The fourth-order valence-electron chi connectivity index (χ4n) is 3.24. The third kappa shape index (κ3) is 3.52. The summed E-state index contributed by atoms with van der Waals surface area (Å²) in [6, 6.07) is 16.4. The number of rotatable bonds is 4. The summed E-state index contributed by atoms with van der Waals surface area (Å²) in [5.74, 6) is -0.402. The first kappa shape index (κ1) is 17.9. The number of ketones is 1. The standard InChI is InChI=1S/C22H16ClN3O2/c1-13(27)26-17-10-15(18-3-2-4-20-19(18)6-8-24-20)9-16(11-17)22(28)14-5-7-25-21(23)12-14/h2-12,24H,1H3,(H,26,27). The smallest absolute Gasteiger partial charge is 0.221 e. The molecule has 2 heterocycles. The topological polar surface area (TPSA) is 74.8 Å². The van der Waals surface area contributed by atoms with Crippen LogP contribution in [0, 0.1) is 0 Å². The van der Waals surface area contributed by atoms with E-state index in [9.17, 15) is 9.59 Å². The molecule has 2 aromatic heterocycles. The SMILES string of the molecule is CC(=O)Nc1cc(C(=O)c2ccnc(Cl)c2)cc(-c2cccc3[nH]ccc23)c1. The maximum absolute atomic E-state index is 13.0. The van der Waals surface area contributed by atoms with Crippen molar-refractivity contribution in [1.29, 1.82) is 0 Å². The number of hydrogen-bond acceptors (Lipinski definition) is 3. The van der Waals surface area contributed by atoms with Crippen molar-refractivity contribution in [2.75, 3.05) is 5.32 Å². The average Bonchev–Trinajstić information content (AvgIpc) is 3.15. The molecule has 0 saturated heterocycles. The Morgan fingerprint density at radius 1 is 1.04 bits per heavy atom. The summed E-state index contributed by atoms with van der Waals surface area (Å²) in [6.45, 7) is 1.43. The minimum atomic E-state index is -0.206. The third-order valence-electron chi connectivity index (χ3n) is 4.41. The lowest BCUT2D eigenvalue weighted by molar-refractivity contribution is -0.114. The van der Waals surface area contributed by atoms with Gasteiger partial charge in [0.05, 0.1) is 0 Å². The van der Waals surface area contributed by atoms with Gasteiger partial charge in [0.2, 0.25) is 5.91 Å². The summed E-state index contributed by atoms with van der Waals surface area (Å²) in [4.78, 5) is 31.7. The van der Waals surface area contributed by atoms with Gasteiger partial charge >= 0.3 is 0 Å². The molecule has 0 aliphatic rings. The van der Waals surface area contributed by atoms with Crippen molar-refractivity contribution in [3.05, 3.63) is 83.3 Å². The largest absolute Gasteiger partial charge is 0.361 e. The van der Waals surface area contributed by atoms with E-state index in [0.717, 1.165) is 22.0 Å². The van der Waals surface area contributed by atoms with Gasteiger partial charge in [-0.25, -0.2) is 4.98 Å². The maximum Gasteiger partial charge on any atom is 0.221 e. The van der Waals surface area contributed by atoms with Gasteiger partial charge in [-0.15, -0.1) is 0 Å². The Balaban J connectivity index is 1.87. The summed E-state index contributed by atoms with van der Waals surface area (Å²) in [7, 11) is 0. The van der Waals surface area contributed by atoms with Gasteiger partial charge in [0.25, 0.3) is 0 Å². The maximum atomic E-state index is 13.0. The van der Waals surface area contributed by atoms with Crippen molar-refractivity contribution in [3.63, 3.8) is 0 Å². The summed E-state index contributed by atoms with van der Waals surface area (Å²) in [5, 5.41) is 4.06. The van der Waals surface area contributed by atoms with Gasteiger partial charge in [-0.3, -0.25) is 9.59 Å². The van der Waals surface area contributed by atoms with Crippen molar-refractivity contribution in [2.45, 2.75) is 6.92 Å². The molecule has 138 valence electrons. The molecule has 1 amide bonds. The molecular weight excluding hydrogens is 374 g/mol. The molecular formula is C22H16ClN3O2. The van der Waals surface area contributed by atoms with Crippen LogP contribution in [-0.4, -0.2) is 21.7 Å². The summed E-state index contributed by atoms with van der Waals surface area (Å²) < 4.78 is 0. The van der Waals surface area contributed by atoms with E-state index in [-0.39, 0.29) is 16.8 Å². The lowest BCUT2D eigenvalue weighted by Crippen LogP contribution is -2.08. The van der Waals surface area contributed by atoms with Crippen LogP contribution in [-0.2, 0) is 4.79 Å². The monoisotopic (exact) mass is 389 g/mol. The summed E-state index contributed by atoms with van der Waals surface area (Å²) in [5.41, 5.74) is 4.24. The van der Waals surface area contributed by atoms with E-state index in [1.165, 1.54) is 19.2 Å². The lowest BCUT2D eigenvalue weighted by atomic mass is 9.96. The number of H-pyrrole nitrogens is 1. The number of carbonyl (C=O) groups is 2. The number of anilines is 1. The highest BCUT2D eigenvalue weighted by atomic mass is 35.5. The van der Waals surface area contributed by atoms with E-state index in [2.05, 4.69) is 15.3 Å². The average molecular weight is 390 g/mol. The molecule has 0 aliphatic carbocycles. The minimum Gasteiger partial charge on any atom is -0.361 e. The highest BCUT2D eigenvalue weighted by Crippen LogP contribution is 2.31. The van der Waals surface area contributed by atoms with Crippen molar-refractivity contribution in [3.8, 4) is 11.1 Å². The molecule has 5 nitrogen and oxygen atoms in total. The zero-order valence-electron chi connectivity index (χ0n) is 15.0. The van der Waals surface area contributed by atoms with Crippen LogP contribution in [0.15, 0.2) is 67.0 Å². The number of pyridine rings is 1. The number of fused-ring (bicyclic) bond motifs is 1. The van der Waals surface area contributed by atoms with Gasteiger partial charge < -0.3 is 10.3 Å². The molecule has 0 saturated carbocycles. The molecule has 2 N–H and O–H groups in total. The molecule has 0 bridgehead atoms. The molecule has 6 heteroatoms. The third-order valence-corrected chi connectivity index (χ3v) is 4.62. The molecule has 0 unspecified atom stereocenters. The second-order valence-corrected chi connectivity index (χ2v) is 6.81. The Kier molecular flexibility index (Phi) is 4.67. The first-order valence-corrected chi connectivity index (χ1v) is 9.04. The quantitative estimate of drug-likeness (QED) is 0.378. The molecule has 0 radical (unpaired) electrons. The van der Waals surface area contributed by atoms with Crippen LogP contribution < -0.4 is 5.32 Å². The van der Waals surface area contributed by atoms with Crippen molar-refractivity contribution in [2.24, 2.45) is 0 Å². The number of carbonyl (C=O) groups excluding carboxylic acids is 2. The number of nitrogens with zero attached hydrogens (tertiary/aromatic N) is 1. The Hall–Kier alpha value is -3.44. The molecule has 2 aromatic carbocycles. The minimum absolute atomic E-state index is 0.195. The zero-order valence-corrected chi connectivity index (χ0v) is 15.7. The Morgan fingerprint density at radius 2 is 1.89 bits per heavy atom. The van der Waals surface area contributed by atoms with Crippen LogP contribution in [0.4, 0.5) is 5.69 Å².